The molecule has 0 amide bonds. The summed E-state index contributed by atoms with van der Waals surface area (Å²) in [7, 11) is -1.71. The normalized spacial score (nSPS) is 14.6. The van der Waals surface area contributed by atoms with Gasteiger partial charge in [-0.3, -0.25) is 0 Å². The van der Waals surface area contributed by atoms with Crippen molar-refractivity contribution in [3.63, 3.8) is 0 Å². The maximum Gasteiger partial charge on any atom is 0.0948 e. The molecule has 0 fully saturated rings. The first-order chi connectivity index (χ1) is 7.31. The lowest BCUT2D eigenvalue weighted by Gasteiger charge is -2.46. The summed E-state index contributed by atoms with van der Waals surface area (Å²) in [6.07, 6.45) is 6.77. The van der Waals surface area contributed by atoms with Crippen molar-refractivity contribution in [3.05, 3.63) is 0 Å². The Bertz CT molecular complexity index is 216. The van der Waals surface area contributed by atoms with Gasteiger partial charge < -0.3 is 5.11 Å². The van der Waals surface area contributed by atoms with Gasteiger partial charge in [0.1, 0.15) is 0 Å². The number of aliphatic hydroxyl groups excluding tert-OH is 1. The zero-order valence-electron chi connectivity index (χ0n) is 11.7. The van der Waals surface area contributed by atoms with Gasteiger partial charge in [-0.15, -0.1) is 12.3 Å². The number of aliphatic hydroxyl groups is 1. The topological polar surface area (TPSA) is 20.2 Å². The van der Waals surface area contributed by atoms with Gasteiger partial charge in [-0.25, -0.2) is 0 Å². The van der Waals surface area contributed by atoms with Gasteiger partial charge in [0.05, 0.1) is 8.07 Å². The molecule has 0 aliphatic heterocycles. The first-order valence-corrected chi connectivity index (χ1v) is 8.74. The lowest BCUT2D eigenvalue weighted by Crippen LogP contribution is -2.55. The highest BCUT2D eigenvalue weighted by Gasteiger charge is 2.48. The van der Waals surface area contributed by atoms with Crippen LogP contribution in [0.4, 0.5) is 0 Å². The molecule has 94 valence electrons. The van der Waals surface area contributed by atoms with E-state index in [0.29, 0.717) is 23.0 Å². The van der Waals surface area contributed by atoms with Gasteiger partial charge in [0.25, 0.3) is 0 Å². The number of terminal acetylenes is 1. The van der Waals surface area contributed by atoms with Crippen molar-refractivity contribution in [2.75, 3.05) is 0 Å². The Hall–Kier alpha value is -0.263. The van der Waals surface area contributed by atoms with Gasteiger partial charge in [-0.05, 0) is 23.0 Å². The Morgan fingerprint density at radius 2 is 1.38 bits per heavy atom. The smallest absolute Gasteiger partial charge is 0.0948 e. The van der Waals surface area contributed by atoms with Gasteiger partial charge in [-0.1, -0.05) is 41.5 Å². The van der Waals surface area contributed by atoms with Crippen molar-refractivity contribution in [1.29, 1.82) is 0 Å². The Balaban J connectivity index is 5.11. The molecule has 0 aliphatic rings. The third kappa shape index (κ3) is 2.90. The Kier molecular flexibility index (Phi) is 6.36. The van der Waals surface area contributed by atoms with Crippen LogP contribution < -0.4 is 0 Å². The quantitative estimate of drug-likeness (QED) is 0.550. The van der Waals surface area contributed by atoms with E-state index in [-0.39, 0.29) is 5.73 Å². The number of hydrogen-bond acceptors (Lipinski definition) is 1. The summed E-state index contributed by atoms with van der Waals surface area (Å²) in [5, 5.41) is 10.6. The molecule has 0 saturated carbocycles. The van der Waals surface area contributed by atoms with Crippen molar-refractivity contribution in [3.8, 4) is 12.3 Å². The van der Waals surface area contributed by atoms with E-state index in [1.807, 2.05) is 0 Å². The molecule has 1 nitrogen and oxygen atoms in total. The molecule has 2 heteroatoms. The van der Waals surface area contributed by atoms with Crippen molar-refractivity contribution < 1.29 is 5.11 Å². The van der Waals surface area contributed by atoms with Crippen LogP contribution in [0.1, 0.15) is 54.4 Å². The monoisotopic (exact) mass is 240 g/mol. The van der Waals surface area contributed by atoms with E-state index in [2.05, 4.69) is 47.5 Å². The van der Waals surface area contributed by atoms with E-state index in [4.69, 9.17) is 6.42 Å². The van der Waals surface area contributed by atoms with Gasteiger partial charge in [-0.2, -0.15) is 0 Å². The van der Waals surface area contributed by atoms with E-state index in [0.717, 1.165) is 6.42 Å². The van der Waals surface area contributed by atoms with Crippen LogP contribution in [0.25, 0.3) is 0 Å². The van der Waals surface area contributed by atoms with Gasteiger partial charge in [0.15, 0.2) is 0 Å². The average molecular weight is 240 g/mol. The fourth-order valence-corrected chi connectivity index (χ4v) is 10.6. The largest absolute Gasteiger partial charge is 0.396 e. The van der Waals surface area contributed by atoms with Crippen LogP contribution in [-0.2, 0) is 0 Å². The van der Waals surface area contributed by atoms with Crippen LogP contribution in [0.2, 0.25) is 16.6 Å². The molecular formula is C14H28OSi. The second kappa shape index (κ2) is 6.47. The highest BCUT2D eigenvalue weighted by molar-refractivity contribution is 6.84. The van der Waals surface area contributed by atoms with Crippen LogP contribution >= 0.6 is 0 Å². The first-order valence-electron chi connectivity index (χ1n) is 6.43. The van der Waals surface area contributed by atoms with Crippen LogP contribution in [0.5, 0.6) is 0 Å². The minimum absolute atomic E-state index is 0.163. The maximum absolute atomic E-state index is 10.6. The average Bonchev–Trinajstić information content (AvgIpc) is 2.13. The molecule has 0 aliphatic carbocycles. The van der Waals surface area contributed by atoms with Crippen molar-refractivity contribution in [2.24, 2.45) is 0 Å². The van der Waals surface area contributed by atoms with Crippen molar-refractivity contribution >= 4 is 8.07 Å². The molecule has 16 heavy (non-hydrogen) atoms. The summed E-state index contributed by atoms with van der Waals surface area (Å²) in [4.78, 5) is 0. The molecule has 0 bridgehead atoms. The second-order valence-corrected chi connectivity index (χ2v) is 11.9. The standard InChI is InChI=1S/C14H28OSi/c1-8-9-10-14(15)16(11(2)3,12(4)5)13(6)7/h1,11-15H,9-10H2,2-7H3. The van der Waals surface area contributed by atoms with Crippen molar-refractivity contribution in [1.82, 2.24) is 0 Å². The van der Waals surface area contributed by atoms with Gasteiger partial charge in [0, 0.05) is 12.1 Å². The maximum atomic E-state index is 10.6. The molecule has 0 radical (unpaired) electrons. The molecule has 0 aromatic heterocycles. The molecular weight excluding hydrogens is 212 g/mol. The van der Waals surface area contributed by atoms with Gasteiger partial charge >= 0.3 is 0 Å². The van der Waals surface area contributed by atoms with Crippen molar-refractivity contribution in [2.45, 2.75) is 76.7 Å². The molecule has 0 saturated heterocycles. The van der Waals surface area contributed by atoms with Crippen LogP contribution in [0.3, 0.4) is 0 Å². The molecule has 1 unspecified atom stereocenters. The summed E-state index contributed by atoms with van der Waals surface area (Å²) in [6, 6.07) is 0. The third-order valence-electron chi connectivity index (χ3n) is 4.14. The van der Waals surface area contributed by atoms with Crippen LogP contribution in [0, 0.1) is 12.3 Å². The Morgan fingerprint density at radius 3 is 1.62 bits per heavy atom. The highest BCUT2D eigenvalue weighted by atomic mass is 28.3. The van der Waals surface area contributed by atoms with E-state index in [9.17, 15) is 5.11 Å². The molecule has 0 aromatic rings. The lowest BCUT2D eigenvalue weighted by atomic mass is 10.3. The molecule has 1 N–H and O–H groups in total. The SMILES string of the molecule is C#CCCC(O)[Si](C(C)C)(C(C)C)C(C)C. The van der Waals surface area contributed by atoms with E-state index in [1.54, 1.807) is 0 Å². The Morgan fingerprint density at radius 1 is 1.00 bits per heavy atom. The second-order valence-electron chi connectivity index (χ2n) is 5.72. The first kappa shape index (κ1) is 15.7. The Labute approximate surface area is 103 Å². The molecule has 0 spiro atoms. The third-order valence-corrected chi connectivity index (χ3v) is 11.6. The minimum Gasteiger partial charge on any atom is -0.396 e. The molecule has 1 atom stereocenters. The fraction of sp³-hybridized carbons (Fsp3) is 0.857. The number of hydrogen-bond donors (Lipinski definition) is 1. The summed E-state index contributed by atoms with van der Waals surface area (Å²) in [6.45, 7) is 13.6. The summed E-state index contributed by atoms with van der Waals surface area (Å²) in [5.74, 6) is 2.65. The van der Waals surface area contributed by atoms with Gasteiger partial charge in [0.2, 0.25) is 0 Å². The predicted octanol–water partition coefficient (Wildman–Crippen LogP) is 3.98. The van der Waals surface area contributed by atoms with E-state index in [1.165, 1.54) is 0 Å². The summed E-state index contributed by atoms with van der Waals surface area (Å²) < 4.78 is 0. The zero-order valence-corrected chi connectivity index (χ0v) is 12.7. The molecule has 0 heterocycles. The zero-order chi connectivity index (χ0) is 12.9. The minimum atomic E-state index is -1.71. The van der Waals surface area contributed by atoms with E-state index >= 15 is 0 Å². The molecule has 0 aromatic carbocycles. The fourth-order valence-electron chi connectivity index (χ4n) is 3.62. The van der Waals surface area contributed by atoms with E-state index < -0.39 is 8.07 Å². The predicted molar refractivity (Wildman–Crippen MR) is 75.1 cm³/mol. The number of rotatable bonds is 6. The highest BCUT2D eigenvalue weighted by Crippen LogP contribution is 2.44. The van der Waals surface area contributed by atoms with Crippen LogP contribution in [-0.4, -0.2) is 18.9 Å². The lowest BCUT2D eigenvalue weighted by molar-refractivity contribution is 0.225. The molecule has 0 rings (SSSR count). The van der Waals surface area contributed by atoms with Crippen LogP contribution in [0.15, 0.2) is 0 Å². The summed E-state index contributed by atoms with van der Waals surface area (Å²) in [5.41, 5.74) is 1.63. The summed E-state index contributed by atoms with van der Waals surface area (Å²) >= 11 is 0.